The molecule has 0 aliphatic rings. The number of hydrogen-bond donors (Lipinski definition) is 1. The van der Waals surface area contributed by atoms with Crippen molar-refractivity contribution in [1.29, 1.82) is 0 Å². The number of ether oxygens (including phenoxy) is 1. The van der Waals surface area contributed by atoms with Crippen LogP contribution in [0.2, 0.25) is 0 Å². The van der Waals surface area contributed by atoms with Gasteiger partial charge >= 0.3 is 0 Å². The molecule has 0 aliphatic carbocycles. The second-order valence-electron chi connectivity index (χ2n) is 4.77. The predicted molar refractivity (Wildman–Crippen MR) is 91.3 cm³/mol. The van der Waals surface area contributed by atoms with Gasteiger partial charge < -0.3 is 10.5 Å². The summed E-state index contributed by atoms with van der Waals surface area (Å²) in [6.07, 6.45) is 3.34. The van der Waals surface area contributed by atoms with Gasteiger partial charge in [-0.25, -0.2) is 0 Å². The molecule has 0 radical (unpaired) electrons. The van der Waals surface area contributed by atoms with E-state index in [1.165, 1.54) is 0 Å². The smallest absolute Gasteiger partial charge is 0.185 e. The van der Waals surface area contributed by atoms with Crippen LogP contribution >= 0.6 is 9.24 Å². The first-order valence-corrected chi connectivity index (χ1v) is 7.11. The van der Waals surface area contributed by atoms with Crippen LogP contribution in [0, 0.1) is 6.92 Å². The number of anilines is 1. The molecule has 108 valence electrons. The molecule has 21 heavy (non-hydrogen) atoms. The predicted octanol–water partition coefficient (Wildman–Crippen LogP) is 2.98. The summed E-state index contributed by atoms with van der Waals surface area (Å²) in [7, 11) is 4.27. The molecule has 0 bridgehead atoms. The van der Waals surface area contributed by atoms with Crippen LogP contribution in [0.1, 0.15) is 21.5 Å². The van der Waals surface area contributed by atoms with E-state index in [4.69, 9.17) is 10.5 Å². The third kappa shape index (κ3) is 3.71. The highest BCUT2D eigenvalue weighted by molar-refractivity contribution is 7.27. The number of carbonyl (C=O) groups excluding carboxylic acids is 1. The van der Waals surface area contributed by atoms with Crippen LogP contribution in [0.25, 0.3) is 6.08 Å². The number of rotatable bonds is 4. The first-order valence-electron chi connectivity index (χ1n) is 6.53. The molecule has 0 saturated carbocycles. The van der Waals surface area contributed by atoms with E-state index in [9.17, 15) is 4.79 Å². The van der Waals surface area contributed by atoms with Crippen molar-refractivity contribution in [2.45, 2.75) is 6.92 Å². The van der Waals surface area contributed by atoms with Crippen LogP contribution in [0.5, 0.6) is 5.75 Å². The number of allylic oxidation sites excluding steroid dienone is 1. The molecule has 2 aromatic rings. The number of carbonyl (C=O) groups is 1. The van der Waals surface area contributed by atoms with Crippen molar-refractivity contribution in [3.05, 3.63) is 59.2 Å². The quantitative estimate of drug-likeness (QED) is 0.409. The van der Waals surface area contributed by atoms with Crippen LogP contribution in [0.3, 0.4) is 0 Å². The number of aryl methyl sites for hydroxylation is 1. The number of hydrogen-bond acceptors (Lipinski definition) is 3. The lowest BCUT2D eigenvalue weighted by Crippen LogP contribution is -1.99. The van der Waals surface area contributed by atoms with Gasteiger partial charge in [-0.2, -0.15) is 0 Å². The van der Waals surface area contributed by atoms with E-state index >= 15 is 0 Å². The van der Waals surface area contributed by atoms with Crippen LogP contribution < -0.4 is 15.8 Å². The molecule has 1 atom stereocenters. The molecule has 0 saturated heterocycles. The topological polar surface area (TPSA) is 52.3 Å². The molecule has 3 nitrogen and oxygen atoms in total. The minimum absolute atomic E-state index is 0.0635. The maximum absolute atomic E-state index is 12.1. The molecule has 4 heteroatoms. The fraction of sp³-hybridized carbons (Fsp3) is 0.118. The Morgan fingerprint density at radius 2 is 1.90 bits per heavy atom. The van der Waals surface area contributed by atoms with Crippen LogP contribution in [0.4, 0.5) is 5.69 Å². The second-order valence-corrected chi connectivity index (χ2v) is 5.44. The van der Waals surface area contributed by atoms with Gasteiger partial charge in [-0.15, -0.1) is 9.24 Å². The number of methoxy groups -OCH3 is 1. The average molecular weight is 299 g/mol. The summed E-state index contributed by atoms with van der Waals surface area (Å²) in [6, 6.07) is 10.8. The minimum Gasteiger partial charge on any atom is -0.496 e. The molecule has 0 heterocycles. The second kappa shape index (κ2) is 6.55. The van der Waals surface area contributed by atoms with Gasteiger partial charge in [0.2, 0.25) is 0 Å². The first-order chi connectivity index (χ1) is 10.0. The fourth-order valence-corrected chi connectivity index (χ4v) is 2.48. The van der Waals surface area contributed by atoms with E-state index in [1.807, 2.05) is 19.1 Å². The van der Waals surface area contributed by atoms with Gasteiger partial charge in [0.15, 0.2) is 5.78 Å². The monoisotopic (exact) mass is 299 g/mol. The molecule has 0 amide bonds. The van der Waals surface area contributed by atoms with Crippen molar-refractivity contribution in [2.24, 2.45) is 0 Å². The molecule has 0 aromatic heterocycles. The minimum atomic E-state index is -0.0635. The lowest BCUT2D eigenvalue weighted by atomic mass is 10.0. The lowest BCUT2D eigenvalue weighted by molar-refractivity contribution is 0.104. The van der Waals surface area contributed by atoms with Crippen LogP contribution in [-0.4, -0.2) is 12.9 Å². The normalized spacial score (nSPS) is 10.8. The molecular formula is C17H18NO2P. The Morgan fingerprint density at radius 3 is 2.52 bits per heavy atom. The molecule has 1 unspecified atom stereocenters. The summed E-state index contributed by atoms with van der Waals surface area (Å²) in [6.45, 7) is 1.99. The van der Waals surface area contributed by atoms with Crippen molar-refractivity contribution in [2.75, 3.05) is 12.8 Å². The van der Waals surface area contributed by atoms with E-state index in [-0.39, 0.29) is 5.78 Å². The van der Waals surface area contributed by atoms with Gasteiger partial charge in [0, 0.05) is 16.8 Å². The van der Waals surface area contributed by atoms with E-state index in [1.54, 1.807) is 43.5 Å². The fourth-order valence-electron chi connectivity index (χ4n) is 2.08. The number of nitrogens with two attached hydrogens (primary N) is 1. The maximum atomic E-state index is 12.1. The highest BCUT2D eigenvalue weighted by atomic mass is 31.0. The first kappa shape index (κ1) is 15.3. The molecule has 2 rings (SSSR count). The lowest BCUT2D eigenvalue weighted by Gasteiger charge is -2.09. The van der Waals surface area contributed by atoms with Gasteiger partial charge in [-0.3, -0.25) is 4.79 Å². The van der Waals surface area contributed by atoms with Gasteiger partial charge in [0.25, 0.3) is 0 Å². The van der Waals surface area contributed by atoms with Gasteiger partial charge in [0.05, 0.1) is 7.11 Å². The van der Waals surface area contributed by atoms with Gasteiger partial charge in [-0.05, 0) is 60.3 Å². The number of benzene rings is 2. The Hall–Kier alpha value is -2.12. The van der Waals surface area contributed by atoms with E-state index < -0.39 is 0 Å². The zero-order valence-electron chi connectivity index (χ0n) is 12.1. The summed E-state index contributed by atoms with van der Waals surface area (Å²) >= 11 is 0. The van der Waals surface area contributed by atoms with Crippen molar-refractivity contribution in [1.82, 2.24) is 0 Å². The summed E-state index contributed by atoms with van der Waals surface area (Å²) in [4.78, 5) is 12.1. The molecule has 0 aliphatic heterocycles. The Kier molecular flexibility index (Phi) is 4.77. The van der Waals surface area contributed by atoms with Crippen molar-refractivity contribution in [3.8, 4) is 5.75 Å². The average Bonchev–Trinajstić information content (AvgIpc) is 2.46. The van der Waals surface area contributed by atoms with Crippen LogP contribution in [0.15, 0.2) is 42.5 Å². The molecule has 0 spiro atoms. The Labute approximate surface area is 127 Å². The Balaban J connectivity index is 2.29. The maximum Gasteiger partial charge on any atom is 0.185 e. The van der Waals surface area contributed by atoms with Crippen molar-refractivity contribution in [3.63, 3.8) is 0 Å². The molecule has 2 aromatic carbocycles. The Bertz CT molecular complexity index is 691. The standard InChI is InChI=1S/C17H18NO2P/c1-11-9-14(21)10-17(20-2)15(11)7-8-16(19)12-3-5-13(18)6-4-12/h3-10H,18,21H2,1-2H3/b8-7+. The summed E-state index contributed by atoms with van der Waals surface area (Å²) < 4.78 is 5.37. The van der Waals surface area contributed by atoms with Crippen molar-refractivity contribution < 1.29 is 9.53 Å². The van der Waals surface area contributed by atoms with E-state index in [0.717, 1.165) is 22.2 Å². The molecular weight excluding hydrogens is 281 g/mol. The Morgan fingerprint density at radius 1 is 1.24 bits per heavy atom. The zero-order valence-corrected chi connectivity index (χ0v) is 13.2. The third-order valence-electron chi connectivity index (χ3n) is 3.19. The van der Waals surface area contributed by atoms with E-state index in [0.29, 0.717) is 11.3 Å². The van der Waals surface area contributed by atoms with Crippen LogP contribution in [-0.2, 0) is 0 Å². The number of ketones is 1. The largest absolute Gasteiger partial charge is 0.496 e. The highest BCUT2D eigenvalue weighted by Gasteiger charge is 2.06. The molecule has 0 fully saturated rings. The third-order valence-corrected chi connectivity index (χ3v) is 3.52. The van der Waals surface area contributed by atoms with E-state index in [2.05, 4.69) is 9.24 Å². The highest BCUT2D eigenvalue weighted by Crippen LogP contribution is 2.23. The zero-order chi connectivity index (χ0) is 15.4. The SMILES string of the molecule is COc1cc(P)cc(C)c1/C=C/C(=O)c1ccc(N)cc1. The van der Waals surface area contributed by atoms with Crippen molar-refractivity contribution >= 4 is 32.1 Å². The summed E-state index contributed by atoms with van der Waals surface area (Å²) in [5, 5.41) is 1.05. The summed E-state index contributed by atoms with van der Waals surface area (Å²) in [5.41, 5.74) is 8.84. The summed E-state index contributed by atoms with van der Waals surface area (Å²) in [5.74, 6) is 0.688. The van der Waals surface area contributed by atoms with Gasteiger partial charge in [0.1, 0.15) is 5.75 Å². The van der Waals surface area contributed by atoms with Gasteiger partial charge in [-0.1, -0.05) is 6.07 Å². The number of nitrogen functional groups attached to an aromatic ring is 1. The molecule has 2 N–H and O–H groups in total.